The van der Waals surface area contributed by atoms with Gasteiger partial charge in [-0.25, -0.2) is 0 Å². The maximum atomic E-state index is 10.4. The summed E-state index contributed by atoms with van der Waals surface area (Å²) in [5.41, 5.74) is 5.40. The number of nitrogens with two attached hydrogens (primary N) is 1. The molecule has 4 nitrogen and oxygen atoms in total. The minimum absolute atomic E-state index is 0.585. The maximum absolute atomic E-state index is 10.4. The Bertz CT molecular complexity index is 191. The van der Waals surface area contributed by atoms with Crippen LogP contribution in [0.2, 0.25) is 0 Å². The molecule has 0 spiro atoms. The number of unbranched alkanes of at least 4 members (excludes halogenated alkanes) is 1. The highest BCUT2D eigenvalue weighted by molar-refractivity contribution is 5.72. The van der Waals surface area contributed by atoms with Crippen LogP contribution in [0.1, 0.15) is 44.9 Å². The van der Waals surface area contributed by atoms with Crippen LogP contribution in [0.4, 0.5) is 0 Å². The van der Waals surface area contributed by atoms with Crippen LogP contribution >= 0.6 is 0 Å². The van der Waals surface area contributed by atoms with Gasteiger partial charge in [-0.3, -0.25) is 4.79 Å². The summed E-state index contributed by atoms with van der Waals surface area (Å²) < 4.78 is 0. The van der Waals surface area contributed by atoms with Crippen LogP contribution < -0.4 is 11.1 Å². The van der Waals surface area contributed by atoms with E-state index in [1.807, 2.05) is 0 Å². The van der Waals surface area contributed by atoms with E-state index < -0.39 is 12.0 Å². The third kappa shape index (κ3) is 5.14. The van der Waals surface area contributed by atoms with Crippen molar-refractivity contribution in [3.05, 3.63) is 0 Å². The molecule has 1 saturated carbocycles. The number of rotatable bonds is 7. The Labute approximate surface area is 91.2 Å². The predicted octanol–water partition coefficient (Wildman–Crippen LogP) is 1.10. The third-order valence-corrected chi connectivity index (χ3v) is 3.05. The Morgan fingerprint density at radius 2 is 2.07 bits per heavy atom. The molecular weight excluding hydrogens is 192 g/mol. The number of carbonyl (C=O) groups is 1. The van der Waals surface area contributed by atoms with Crippen molar-refractivity contribution in [3.63, 3.8) is 0 Å². The number of hydrogen-bond donors (Lipinski definition) is 3. The second-order valence-electron chi connectivity index (χ2n) is 4.38. The molecule has 4 N–H and O–H groups in total. The zero-order chi connectivity index (χ0) is 11.1. The summed E-state index contributed by atoms with van der Waals surface area (Å²) in [6.45, 7) is 0.997. The molecule has 0 aromatic heterocycles. The molecule has 0 saturated heterocycles. The zero-order valence-corrected chi connectivity index (χ0v) is 9.24. The van der Waals surface area contributed by atoms with E-state index in [1.54, 1.807) is 0 Å². The lowest BCUT2D eigenvalue weighted by molar-refractivity contribution is -0.138. The van der Waals surface area contributed by atoms with E-state index in [2.05, 4.69) is 5.32 Å². The maximum Gasteiger partial charge on any atom is 0.320 e. The highest BCUT2D eigenvalue weighted by Crippen LogP contribution is 2.17. The summed E-state index contributed by atoms with van der Waals surface area (Å²) in [6.07, 6.45) is 7.80. The molecule has 4 heteroatoms. The quantitative estimate of drug-likeness (QED) is 0.555. The van der Waals surface area contributed by atoms with Crippen LogP contribution in [0.15, 0.2) is 0 Å². The fourth-order valence-corrected chi connectivity index (χ4v) is 2.05. The summed E-state index contributed by atoms with van der Waals surface area (Å²) in [6, 6.07) is 0.0228. The summed E-state index contributed by atoms with van der Waals surface area (Å²) >= 11 is 0. The van der Waals surface area contributed by atoms with E-state index in [0.29, 0.717) is 12.5 Å². The largest absolute Gasteiger partial charge is 0.480 e. The first-order chi connectivity index (χ1) is 7.20. The van der Waals surface area contributed by atoms with Gasteiger partial charge in [-0.05, 0) is 32.2 Å². The van der Waals surface area contributed by atoms with Crippen molar-refractivity contribution >= 4 is 5.97 Å². The molecule has 0 unspecified atom stereocenters. The lowest BCUT2D eigenvalue weighted by Gasteiger charge is -2.11. The van der Waals surface area contributed by atoms with E-state index in [0.717, 1.165) is 19.4 Å². The molecule has 1 rings (SSSR count). The lowest BCUT2D eigenvalue weighted by Crippen LogP contribution is -2.30. The molecule has 1 atom stereocenters. The number of carboxylic acids is 1. The fraction of sp³-hybridized carbons (Fsp3) is 0.909. The van der Waals surface area contributed by atoms with Gasteiger partial charge in [0.25, 0.3) is 0 Å². The molecule has 0 amide bonds. The van der Waals surface area contributed by atoms with Gasteiger partial charge in [0.15, 0.2) is 0 Å². The molecule has 0 bridgehead atoms. The van der Waals surface area contributed by atoms with Crippen LogP contribution in [-0.2, 0) is 4.79 Å². The molecule has 0 radical (unpaired) electrons. The van der Waals surface area contributed by atoms with Gasteiger partial charge in [0.05, 0.1) is 0 Å². The average molecular weight is 214 g/mol. The van der Waals surface area contributed by atoms with Gasteiger partial charge in [0.2, 0.25) is 0 Å². The molecule has 1 aliphatic carbocycles. The fourth-order valence-electron chi connectivity index (χ4n) is 2.05. The van der Waals surface area contributed by atoms with Crippen LogP contribution in [0.5, 0.6) is 0 Å². The normalized spacial score (nSPS) is 19.3. The molecule has 88 valence electrons. The molecule has 0 heterocycles. The lowest BCUT2D eigenvalue weighted by atomic mass is 10.1. The Kier molecular flexibility index (Phi) is 5.65. The molecule has 1 aliphatic rings. The first-order valence-corrected chi connectivity index (χ1v) is 5.92. The topological polar surface area (TPSA) is 75.3 Å². The summed E-state index contributed by atoms with van der Waals surface area (Å²) in [5.74, 6) is -0.890. The second kappa shape index (κ2) is 6.80. The zero-order valence-electron chi connectivity index (χ0n) is 9.24. The SMILES string of the molecule is N[C@@H](CCCCNC1CCCC1)C(=O)O. The van der Waals surface area contributed by atoms with E-state index in [1.165, 1.54) is 25.7 Å². The van der Waals surface area contributed by atoms with Crippen molar-refractivity contribution in [2.24, 2.45) is 5.73 Å². The molecular formula is C11H22N2O2. The second-order valence-corrected chi connectivity index (χ2v) is 4.38. The molecule has 0 aromatic carbocycles. The minimum Gasteiger partial charge on any atom is -0.480 e. The predicted molar refractivity (Wildman–Crippen MR) is 59.7 cm³/mol. The number of carboxylic acid groups (broad SMARTS) is 1. The van der Waals surface area contributed by atoms with Crippen molar-refractivity contribution in [1.82, 2.24) is 5.32 Å². The number of hydrogen-bond acceptors (Lipinski definition) is 3. The van der Waals surface area contributed by atoms with E-state index in [-0.39, 0.29) is 0 Å². The van der Waals surface area contributed by atoms with Crippen molar-refractivity contribution < 1.29 is 9.90 Å². The third-order valence-electron chi connectivity index (χ3n) is 3.05. The van der Waals surface area contributed by atoms with Crippen LogP contribution in [0.3, 0.4) is 0 Å². The Balaban J connectivity index is 1.90. The van der Waals surface area contributed by atoms with Crippen LogP contribution in [-0.4, -0.2) is 29.7 Å². The molecule has 1 fully saturated rings. The Morgan fingerprint density at radius 3 is 2.67 bits per heavy atom. The Morgan fingerprint density at radius 1 is 1.40 bits per heavy atom. The van der Waals surface area contributed by atoms with Crippen molar-refractivity contribution in [2.45, 2.75) is 57.0 Å². The molecule has 0 aliphatic heterocycles. The Hall–Kier alpha value is -0.610. The van der Waals surface area contributed by atoms with E-state index in [4.69, 9.17) is 10.8 Å². The first kappa shape index (κ1) is 12.5. The van der Waals surface area contributed by atoms with E-state index in [9.17, 15) is 4.79 Å². The van der Waals surface area contributed by atoms with Crippen molar-refractivity contribution in [1.29, 1.82) is 0 Å². The standard InChI is InChI=1S/C11H22N2O2/c12-10(11(14)15)7-3-4-8-13-9-5-1-2-6-9/h9-10,13H,1-8,12H2,(H,14,15)/t10-/m0/s1. The van der Waals surface area contributed by atoms with Gasteiger partial charge in [-0.15, -0.1) is 0 Å². The van der Waals surface area contributed by atoms with Crippen molar-refractivity contribution in [3.8, 4) is 0 Å². The van der Waals surface area contributed by atoms with Crippen LogP contribution in [0, 0.1) is 0 Å². The average Bonchev–Trinajstić information content (AvgIpc) is 2.69. The summed E-state index contributed by atoms with van der Waals surface area (Å²) in [5, 5.41) is 12.1. The monoisotopic (exact) mass is 214 g/mol. The van der Waals surface area contributed by atoms with Gasteiger partial charge in [0, 0.05) is 6.04 Å². The first-order valence-electron chi connectivity index (χ1n) is 5.92. The van der Waals surface area contributed by atoms with Gasteiger partial charge in [0.1, 0.15) is 6.04 Å². The highest BCUT2D eigenvalue weighted by Gasteiger charge is 2.14. The number of nitrogens with one attached hydrogen (secondary N) is 1. The molecule has 15 heavy (non-hydrogen) atoms. The summed E-state index contributed by atoms with van der Waals surface area (Å²) in [7, 11) is 0. The smallest absolute Gasteiger partial charge is 0.320 e. The number of aliphatic carboxylic acids is 1. The minimum atomic E-state index is -0.890. The summed E-state index contributed by atoms with van der Waals surface area (Å²) in [4.78, 5) is 10.4. The van der Waals surface area contributed by atoms with Gasteiger partial charge in [-0.1, -0.05) is 19.3 Å². The van der Waals surface area contributed by atoms with Crippen LogP contribution in [0.25, 0.3) is 0 Å². The van der Waals surface area contributed by atoms with Crippen molar-refractivity contribution in [2.75, 3.05) is 6.54 Å². The highest BCUT2D eigenvalue weighted by atomic mass is 16.4. The molecule has 0 aromatic rings. The van der Waals surface area contributed by atoms with Gasteiger partial charge < -0.3 is 16.2 Å². The van der Waals surface area contributed by atoms with E-state index >= 15 is 0 Å². The van der Waals surface area contributed by atoms with Gasteiger partial charge >= 0.3 is 5.97 Å². The van der Waals surface area contributed by atoms with Gasteiger partial charge in [-0.2, -0.15) is 0 Å².